The summed E-state index contributed by atoms with van der Waals surface area (Å²) < 4.78 is 2.27. The van der Waals surface area contributed by atoms with Crippen molar-refractivity contribution in [2.45, 2.75) is 13.3 Å². The quantitative estimate of drug-likeness (QED) is 0.819. The van der Waals surface area contributed by atoms with Crippen LogP contribution in [0, 0.1) is 0 Å². The molecule has 0 radical (unpaired) electrons. The van der Waals surface area contributed by atoms with Crippen LogP contribution in [0.3, 0.4) is 0 Å². The molecule has 3 nitrogen and oxygen atoms in total. The smallest absolute Gasteiger partial charge is 0.0626 e. The predicted octanol–water partition coefficient (Wildman–Crippen LogP) is 2.49. The van der Waals surface area contributed by atoms with Crippen molar-refractivity contribution in [3.05, 3.63) is 30.0 Å². The van der Waals surface area contributed by atoms with Crippen LogP contribution in [0.5, 0.6) is 0 Å². The van der Waals surface area contributed by atoms with Crippen LogP contribution in [0.4, 0.5) is 5.69 Å². The Morgan fingerprint density at radius 3 is 2.47 bits per heavy atom. The second-order valence-corrected chi connectivity index (χ2v) is 5.62. The van der Waals surface area contributed by atoms with Crippen molar-refractivity contribution in [1.29, 1.82) is 0 Å². The molecule has 2 heterocycles. The lowest BCUT2D eigenvalue weighted by atomic mass is 10.1. The first-order chi connectivity index (χ1) is 9.19. The Kier molecular flexibility index (Phi) is 3.23. The molecule has 2 aromatic rings. The maximum atomic E-state index is 2.52. The average molecular weight is 257 g/mol. The largest absolute Gasteiger partial charge is 0.367 e. The molecule has 0 aliphatic carbocycles. The van der Waals surface area contributed by atoms with E-state index in [0.29, 0.717) is 0 Å². The number of rotatable bonds is 2. The lowest BCUT2D eigenvalue weighted by molar-refractivity contribution is 0.313. The van der Waals surface area contributed by atoms with Crippen LogP contribution in [0.2, 0.25) is 0 Å². The third-order valence-electron chi connectivity index (χ3n) is 4.29. The third kappa shape index (κ3) is 2.23. The standard InChI is InChI=1S/C16H23N3/c1-4-13-5-6-14-15(11-13)18(3)12-16(14)19-9-7-17(2)8-10-19/h5-6,11-12H,4,7-10H2,1-3H3. The molecular formula is C16H23N3. The highest BCUT2D eigenvalue weighted by molar-refractivity contribution is 5.94. The molecule has 0 unspecified atom stereocenters. The Bertz CT molecular complexity index is 577. The van der Waals surface area contributed by atoms with Gasteiger partial charge < -0.3 is 14.4 Å². The van der Waals surface area contributed by atoms with Gasteiger partial charge in [-0.25, -0.2) is 0 Å². The summed E-state index contributed by atoms with van der Waals surface area (Å²) in [4.78, 5) is 4.92. The van der Waals surface area contributed by atoms with Gasteiger partial charge in [0.1, 0.15) is 0 Å². The molecule has 102 valence electrons. The van der Waals surface area contributed by atoms with Gasteiger partial charge in [-0.3, -0.25) is 0 Å². The van der Waals surface area contributed by atoms with E-state index in [1.165, 1.54) is 22.2 Å². The van der Waals surface area contributed by atoms with Gasteiger partial charge in [0.2, 0.25) is 0 Å². The molecule has 1 aliphatic rings. The van der Waals surface area contributed by atoms with Crippen molar-refractivity contribution in [2.24, 2.45) is 7.05 Å². The van der Waals surface area contributed by atoms with Crippen molar-refractivity contribution in [3.8, 4) is 0 Å². The summed E-state index contributed by atoms with van der Waals surface area (Å²) in [5, 5.41) is 1.39. The molecule has 1 fully saturated rings. The Morgan fingerprint density at radius 1 is 1.05 bits per heavy atom. The van der Waals surface area contributed by atoms with Crippen molar-refractivity contribution < 1.29 is 0 Å². The van der Waals surface area contributed by atoms with E-state index >= 15 is 0 Å². The van der Waals surface area contributed by atoms with E-state index in [1.54, 1.807) is 0 Å². The Labute approximate surface area is 115 Å². The molecule has 0 saturated carbocycles. The number of hydrogen-bond donors (Lipinski definition) is 0. The van der Waals surface area contributed by atoms with Crippen LogP contribution in [-0.2, 0) is 13.5 Å². The number of hydrogen-bond acceptors (Lipinski definition) is 2. The molecule has 19 heavy (non-hydrogen) atoms. The number of piperazine rings is 1. The first-order valence-electron chi connectivity index (χ1n) is 7.20. The van der Waals surface area contributed by atoms with Crippen LogP contribution in [0.1, 0.15) is 12.5 Å². The minimum atomic E-state index is 1.10. The molecule has 0 bridgehead atoms. The van der Waals surface area contributed by atoms with E-state index < -0.39 is 0 Å². The summed E-state index contributed by atoms with van der Waals surface area (Å²) in [6, 6.07) is 6.89. The summed E-state index contributed by atoms with van der Waals surface area (Å²) in [6.45, 7) is 6.79. The first kappa shape index (κ1) is 12.5. The highest BCUT2D eigenvalue weighted by Gasteiger charge is 2.18. The maximum Gasteiger partial charge on any atom is 0.0626 e. The van der Waals surface area contributed by atoms with Gasteiger partial charge in [-0.2, -0.15) is 0 Å². The molecule has 1 aromatic heterocycles. The molecule has 0 spiro atoms. The highest BCUT2D eigenvalue weighted by atomic mass is 15.3. The van der Waals surface area contributed by atoms with Crippen LogP contribution in [-0.4, -0.2) is 42.7 Å². The fraction of sp³-hybridized carbons (Fsp3) is 0.500. The van der Waals surface area contributed by atoms with Crippen LogP contribution in [0.25, 0.3) is 10.9 Å². The summed E-state index contributed by atoms with van der Waals surface area (Å²) in [7, 11) is 4.36. The Balaban J connectivity index is 2.00. The normalized spacial score (nSPS) is 17.3. The number of benzene rings is 1. The average Bonchev–Trinajstić information content (AvgIpc) is 2.76. The van der Waals surface area contributed by atoms with Crippen LogP contribution >= 0.6 is 0 Å². The maximum absolute atomic E-state index is 2.52. The molecule has 1 saturated heterocycles. The second-order valence-electron chi connectivity index (χ2n) is 5.62. The van der Waals surface area contributed by atoms with Crippen LogP contribution in [0.15, 0.2) is 24.4 Å². The van der Waals surface area contributed by atoms with E-state index in [2.05, 4.69) is 59.8 Å². The summed E-state index contributed by atoms with van der Waals surface area (Å²) >= 11 is 0. The van der Waals surface area contributed by atoms with Gasteiger partial charge >= 0.3 is 0 Å². The molecule has 0 N–H and O–H groups in total. The number of aryl methyl sites for hydroxylation is 2. The van der Waals surface area contributed by atoms with Gasteiger partial charge in [0, 0.05) is 44.8 Å². The second kappa shape index (κ2) is 4.89. The topological polar surface area (TPSA) is 11.4 Å². The van der Waals surface area contributed by atoms with Gasteiger partial charge in [-0.05, 0) is 25.1 Å². The van der Waals surface area contributed by atoms with Gasteiger partial charge in [0.15, 0.2) is 0 Å². The highest BCUT2D eigenvalue weighted by Crippen LogP contribution is 2.30. The minimum absolute atomic E-state index is 1.10. The number of nitrogens with zero attached hydrogens (tertiary/aromatic N) is 3. The third-order valence-corrected chi connectivity index (χ3v) is 4.29. The minimum Gasteiger partial charge on any atom is -0.367 e. The van der Waals surface area contributed by atoms with Crippen molar-refractivity contribution in [1.82, 2.24) is 9.47 Å². The molecule has 1 aliphatic heterocycles. The molecule has 0 atom stereocenters. The lowest BCUT2D eigenvalue weighted by Crippen LogP contribution is -2.44. The SMILES string of the molecule is CCc1ccc2c(N3CCN(C)CC3)cn(C)c2c1. The number of anilines is 1. The fourth-order valence-corrected chi connectivity index (χ4v) is 2.93. The van der Waals surface area contributed by atoms with Crippen molar-refractivity contribution >= 4 is 16.6 Å². The summed E-state index contributed by atoms with van der Waals surface area (Å²) in [6.07, 6.45) is 3.39. The van der Waals surface area contributed by atoms with E-state index in [-0.39, 0.29) is 0 Å². The summed E-state index contributed by atoms with van der Waals surface area (Å²) in [5.41, 5.74) is 4.17. The lowest BCUT2D eigenvalue weighted by Gasteiger charge is -2.33. The molecule has 3 heteroatoms. The van der Waals surface area contributed by atoms with Crippen molar-refractivity contribution in [2.75, 3.05) is 38.1 Å². The zero-order valence-electron chi connectivity index (χ0n) is 12.2. The predicted molar refractivity (Wildman–Crippen MR) is 82.0 cm³/mol. The molecule has 3 rings (SSSR count). The number of aromatic nitrogens is 1. The van der Waals surface area contributed by atoms with E-state index in [1.807, 2.05) is 0 Å². The number of fused-ring (bicyclic) bond motifs is 1. The zero-order valence-corrected chi connectivity index (χ0v) is 12.2. The van der Waals surface area contributed by atoms with Gasteiger partial charge in [0.05, 0.1) is 11.2 Å². The van der Waals surface area contributed by atoms with E-state index in [0.717, 1.165) is 32.6 Å². The fourth-order valence-electron chi connectivity index (χ4n) is 2.93. The van der Waals surface area contributed by atoms with E-state index in [9.17, 15) is 0 Å². The monoisotopic (exact) mass is 257 g/mol. The Morgan fingerprint density at radius 2 is 1.79 bits per heavy atom. The molecular weight excluding hydrogens is 234 g/mol. The molecule has 1 aromatic carbocycles. The van der Waals surface area contributed by atoms with Gasteiger partial charge in [0.25, 0.3) is 0 Å². The molecule has 0 amide bonds. The van der Waals surface area contributed by atoms with Crippen molar-refractivity contribution in [3.63, 3.8) is 0 Å². The van der Waals surface area contributed by atoms with Crippen LogP contribution < -0.4 is 4.90 Å². The number of likely N-dealkylation sites (N-methyl/N-ethyl adjacent to an activating group) is 1. The Hall–Kier alpha value is -1.48. The zero-order chi connectivity index (χ0) is 13.4. The van der Waals surface area contributed by atoms with Gasteiger partial charge in [-0.1, -0.05) is 19.1 Å². The van der Waals surface area contributed by atoms with E-state index in [4.69, 9.17) is 0 Å². The first-order valence-corrected chi connectivity index (χ1v) is 7.20. The van der Waals surface area contributed by atoms with Gasteiger partial charge in [-0.15, -0.1) is 0 Å². The summed E-state index contributed by atoms with van der Waals surface area (Å²) in [5.74, 6) is 0.